The number of carbonyl (C=O) groups excluding carboxylic acids is 2. The van der Waals surface area contributed by atoms with Crippen molar-refractivity contribution in [1.29, 1.82) is 0 Å². The molecule has 1 aliphatic rings. The summed E-state index contributed by atoms with van der Waals surface area (Å²) in [5.41, 5.74) is 4.54. The van der Waals surface area contributed by atoms with E-state index in [0.717, 1.165) is 28.0 Å². The Balaban J connectivity index is 1.41. The molecule has 0 spiro atoms. The number of aryl methyl sites for hydroxylation is 1. The molecular formula is C26H24N4O2. The number of para-hydroxylation sites is 2. The molecule has 0 aliphatic carbocycles. The minimum absolute atomic E-state index is 0.125. The number of hydrogen-bond donors (Lipinski definition) is 2. The molecule has 0 saturated carbocycles. The summed E-state index contributed by atoms with van der Waals surface area (Å²) >= 11 is 0. The topological polar surface area (TPSA) is 76.0 Å². The Bertz CT molecular complexity index is 1300. The van der Waals surface area contributed by atoms with E-state index in [2.05, 4.69) is 22.8 Å². The molecule has 0 radical (unpaired) electrons. The fourth-order valence-corrected chi connectivity index (χ4v) is 4.45. The van der Waals surface area contributed by atoms with Gasteiger partial charge in [-0.15, -0.1) is 0 Å². The maximum absolute atomic E-state index is 13.1. The third-order valence-corrected chi connectivity index (χ3v) is 6.03. The predicted molar refractivity (Wildman–Crippen MR) is 123 cm³/mol. The van der Waals surface area contributed by atoms with Gasteiger partial charge in [0.2, 0.25) is 5.91 Å². The minimum Gasteiger partial charge on any atom is -0.346 e. The average Bonchev–Trinajstić information content (AvgIpc) is 3.31. The highest BCUT2D eigenvalue weighted by Gasteiger charge is 2.30. The lowest BCUT2D eigenvalue weighted by atomic mass is 10.0. The van der Waals surface area contributed by atoms with Gasteiger partial charge in [0.25, 0.3) is 5.91 Å². The van der Waals surface area contributed by atoms with Crippen LogP contribution in [0, 0.1) is 0 Å². The number of amides is 2. The first kappa shape index (κ1) is 20.0. The first-order valence-corrected chi connectivity index (χ1v) is 10.7. The fraction of sp³-hybridized carbons (Fsp3) is 0.192. The Hall–Kier alpha value is -3.93. The number of hydrogen-bond acceptors (Lipinski definition) is 3. The predicted octanol–water partition coefficient (Wildman–Crippen LogP) is 3.85. The zero-order valence-electron chi connectivity index (χ0n) is 17.8. The third kappa shape index (κ3) is 3.75. The summed E-state index contributed by atoms with van der Waals surface area (Å²) in [5, 5.41) is 6.11. The molecule has 2 atom stereocenters. The average molecular weight is 425 g/mol. The maximum Gasteiger partial charge on any atom is 0.252 e. The van der Waals surface area contributed by atoms with E-state index in [1.54, 1.807) is 6.07 Å². The number of fused-ring (bicyclic) bond motifs is 2. The fourth-order valence-electron chi connectivity index (χ4n) is 4.45. The largest absolute Gasteiger partial charge is 0.346 e. The van der Waals surface area contributed by atoms with Gasteiger partial charge in [-0.25, -0.2) is 4.98 Å². The van der Waals surface area contributed by atoms with Gasteiger partial charge in [0.05, 0.1) is 29.5 Å². The molecule has 1 aliphatic heterocycles. The number of imidazole rings is 1. The van der Waals surface area contributed by atoms with Gasteiger partial charge in [-0.3, -0.25) is 9.59 Å². The van der Waals surface area contributed by atoms with E-state index in [9.17, 15) is 9.59 Å². The number of carbonyl (C=O) groups is 2. The molecule has 1 aromatic heterocycles. The molecule has 0 saturated heterocycles. The minimum atomic E-state index is -0.323. The van der Waals surface area contributed by atoms with E-state index in [1.165, 1.54) is 0 Å². The summed E-state index contributed by atoms with van der Waals surface area (Å²) in [6.45, 7) is 0. The Morgan fingerprint density at radius 3 is 2.56 bits per heavy atom. The zero-order chi connectivity index (χ0) is 22.1. The van der Waals surface area contributed by atoms with Crippen molar-refractivity contribution in [2.75, 3.05) is 0 Å². The molecule has 160 valence electrons. The van der Waals surface area contributed by atoms with Crippen molar-refractivity contribution in [3.05, 3.63) is 101 Å². The molecule has 6 nitrogen and oxygen atoms in total. The van der Waals surface area contributed by atoms with Crippen molar-refractivity contribution in [3.63, 3.8) is 0 Å². The van der Waals surface area contributed by atoms with E-state index in [-0.39, 0.29) is 30.3 Å². The lowest BCUT2D eigenvalue weighted by Gasteiger charge is -2.20. The molecule has 0 bridgehead atoms. The monoisotopic (exact) mass is 424 g/mol. The van der Waals surface area contributed by atoms with Crippen LogP contribution >= 0.6 is 0 Å². The van der Waals surface area contributed by atoms with Crippen molar-refractivity contribution in [1.82, 2.24) is 20.2 Å². The smallest absolute Gasteiger partial charge is 0.252 e. The van der Waals surface area contributed by atoms with Crippen LogP contribution in [0.3, 0.4) is 0 Å². The van der Waals surface area contributed by atoms with Crippen molar-refractivity contribution < 1.29 is 9.59 Å². The molecule has 5 rings (SSSR count). The molecule has 6 heteroatoms. The van der Waals surface area contributed by atoms with Crippen LogP contribution in [-0.2, 0) is 18.3 Å². The van der Waals surface area contributed by atoms with Crippen LogP contribution in [0.25, 0.3) is 11.0 Å². The van der Waals surface area contributed by atoms with Gasteiger partial charge in [-0.2, -0.15) is 0 Å². The number of nitrogens with one attached hydrogen (secondary N) is 2. The molecular weight excluding hydrogens is 400 g/mol. The molecule has 2 N–H and O–H groups in total. The van der Waals surface area contributed by atoms with Crippen molar-refractivity contribution in [3.8, 4) is 0 Å². The molecule has 2 amide bonds. The summed E-state index contributed by atoms with van der Waals surface area (Å²) in [6.07, 6.45) is 0.801. The highest BCUT2D eigenvalue weighted by molar-refractivity contribution is 5.99. The van der Waals surface area contributed by atoms with Gasteiger partial charge in [-0.05, 0) is 35.7 Å². The normalized spacial score (nSPS) is 15.9. The molecule has 0 unspecified atom stereocenters. The number of rotatable bonds is 6. The summed E-state index contributed by atoms with van der Waals surface area (Å²) in [5.74, 6) is 0.550. The van der Waals surface area contributed by atoms with E-state index in [1.807, 2.05) is 72.3 Å². The second-order valence-electron chi connectivity index (χ2n) is 8.14. The van der Waals surface area contributed by atoms with Gasteiger partial charge in [0.1, 0.15) is 5.82 Å². The Kier molecular flexibility index (Phi) is 5.19. The van der Waals surface area contributed by atoms with E-state index >= 15 is 0 Å². The van der Waals surface area contributed by atoms with Crippen molar-refractivity contribution in [2.45, 2.75) is 24.9 Å². The quantitative estimate of drug-likeness (QED) is 0.494. The Labute approximate surface area is 186 Å². The van der Waals surface area contributed by atoms with Gasteiger partial charge in [0.15, 0.2) is 0 Å². The summed E-state index contributed by atoms with van der Waals surface area (Å²) in [4.78, 5) is 30.2. The van der Waals surface area contributed by atoms with Crippen LogP contribution in [0.4, 0.5) is 0 Å². The first-order chi connectivity index (χ1) is 15.6. The maximum atomic E-state index is 13.1. The van der Waals surface area contributed by atoms with Crippen molar-refractivity contribution >= 4 is 22.8 Å². The zero-order valence-corrected chi connectivity index (χ0v) is 17.8. The Morgan fingerprint density at radius 2 is 1.75 bits per heavy atom. The van der Waals surface area contributed by atoms with Crippen LogP contribution in [-0.4, -0.2) is 21.4 Å². The van der Waals surface area contributed by atoms with Gasteiger partial charge in [0, 0.05) is 12.6 Å². The van der Waals surface area contributed by atoms with Crippen LogP contribution in [0.15, 0.2) is 78.9 Å². The standard InChI is InChI=1S/C26H24N4O2/c1-30-23-14-8-7-13-20(23)28-25(30)22(15-17-9-3-2-4-10-17)27-24(31)16-21-18-11-5-6-12-19(18)26(32)29-21/h2-14,21-22H,15-16H2,1H3,(H,27,31)(H,29,32)/t21-,22-/m1/s1. The second kappa shape index (κ2) is 8.30. The summed E-state index contributed by atoms with van der Waals surface area (Å²) in [6, 6.07) is 24.8. The third-order valence-electron chi connectivity index (χ3n) is 6.03. The van der Waals surface area contributed by atoms with Gasteiger partial charge >= 0.3 is 0 Å². The number of nitrogens with zero attached hydrogens (tertiary/aromatic N) is 2. The molecule has 0 fully saturated rings. The first-order valence-electron chi connectivity index (χ1n) is 10.7. The van der Waals surface area contributed by atoms with Gasteiger partial charge < -0.3 is 15.2 Å². The molecule has 32 heavy (non-hydrogen) atoms. The molecule has 2 heterocycles. The molecule has 3 aromatic carbocycles. The summed E-state index contributed by atoms with van der Waals surface area (Å²) < 4.78 is 2.04. The molecule has 4 aromatic rings. The van der Waals surface area contributed by atoms with E-state index in [0.29, 0.717) is 12.0 Å². The Morgan fingerprint density at radius 1 is 1.03 bits per heavy atom. The van der Waals surface area contributed by atoms with Crippen LogP contribution < -0.4 is 10.6 Å². The highest BCUT2D eigenvalue weighted by Crippen LogP contribution is 2.28. The van der Waals surface area contributed by atoms with Crippen LogP contribution in [0.1, 0.15) is 45.8 Å². The number of benzene rings is 3. The van der Waals surface area contributed by atoms with E-state index in [4.69, 9.17) is 4.98 Å². The SMILES string of the molecule is Cn1c([C@@H](Cc2ccccc2)NC(=O)C[C@H]2NC(=O)c3ccccc32)nc2ccccc21. The number of aromatic nitrogens is 2. The van der Waals surface area contributed by atoms with Crippen molar-refractivity contribution in [2.24, 2.45) is 7.05 Å². The van der Waals surface area contributed by atoms with Crippen LogP contribution in [0.2, 0.25) is 0 Å². The van der Waals surface area contributed by atoms with Gasteiger partial charge in [-0.1, -0.05) is 60.7 Å². The summed E-state index contributed by atoms with van der Waals surface area (Å²) in [7, 11) is 1.97. The highest BCUT2D eigenvalue weighted by atomic mass is 16.2. The lowest BCUT2D eigenvalue weighted by Crippen LogP contribution is -2.34. The van der Waals surface area contributed by atoms with E-state index < -0.39 is 0 Å². The second-order valence-corrected chi connectivity index (χ2v) is 8.14. The van der Waals surface area contributed by atoms with Crippen LogP contribution in [0.5, 0.6) is 0 Å². The lowest BCUT2D eigenvalue weighted by molar-refractivity contribution is -0.122.